The van der Waals surface area contributed by atoms with Crippen LogP contribution >= 0.6 is 0 Å². The molecule has 0 aliphatic rings. The second kappa shape index (κ2) is 4.48. The number of nitrogens with one attached hydrogen (secondary N) is 1. The first-order chi connectivity index (χ1) is 5.43. The topological polar surface area (TPSA) is 29.1 Å². The predicted octanol–water partition coefficient (Wildman–Crippen LogP) is 2.19. The van der Waals surface area contributed by atoms with Crippen LogP contribution in [0.1, 0.15) is 40.5 Å². The zero-order valence-corrected chi connectivity index (χ0v) is 8.90. The lowest BCUT2D eigenvalue weighted by Crippen LogP contribution is -2.35. The maximum atomic E-state index is 11.4. The van der Waals surface area contributed by atoms with Crippen LogP contribution in [0, 0.1) is 11.3 Å². The Morgan fingerprint density at radius 1 is 1.42 bits per heavy atom. The third-order valence-electron chi connectivity index (χ3n) is 2.19. The molecule has 0 heterocycles. The molecule has 72 valence electrons. The van der Waals surface area contributed by atoms with E-state index < -0.39 is 0 Å². The normalized spacial score (nSPS) is 14.1. The second-order valence-corrected chi connectivity index (χ2v) is 4.32. The van der Waals surface area contributed by atoms with Crippen molar-refractivity contribution >= 4 is 5.91 Å². The van der Waals surface area contributed by atoms with Crippen molar-refractivity contribution in [2.24, 2.45) is 11.3 Å². The molecule has 0 aliphatic heterocycles. The third kappa shape index (κ3) is 3.24. The molecule has 0 spiro atoms. The first-order valence-corrected chi connectivity index (χ1v) is 4.65. The molecule has 0 aromatic rings. The maximum absolute atomic E-state index is 11.4. The highest BCUT2D eigenvalue weighted by atomic mass is 16.1. The van der Waals surface area contributed by atoms with Gasteiger partial charge in [-0.15, -0.1) is 0 Å². The average Bonchev–Trinajstić information content (AvgIpc) is 1.96. The van der Waals surface area contributed by atoms with Gasteiger partial charge in [-0.2, -0.15) is 0 Å². The molecular weight excluding hydrogens is 150 g/mol. The average molecular weight is 171 g/mol. The van der Waals surface area contributed by atoms with E-state index >= 15 is 0 Å². The van der Waals surface area contributed by atoms with Crippen LogP contribution in [-0.2, 0) is 4.79 Å². The van der Waals surface area contributed by atoms with E-state index in [1.165, 1.54) is 0 Å². The highest BCUT2D eigenvalue weighted by Crippen LogP contribution is 2.29. The Labute approximate surface area is 75.7 Å². The Morgan fingerprint density at radius 3 is 2.17 bits per heavy atom. The number of rotatable bonds is 3. The lowest BCUT2D eigenvalue weighted by molar-refractivity contribution is -0.128. The zero-order chi connectivity index (χ0) is 9.78. The van der Waals surface area contributed by atoms with Crippen molar-refractivity contribution < 1.29 is 4.79 Å². The molecule has 0 unspecified atom stereocenters. The van der Waals surface area contributed by atoms with Gasteiger partial charge in [-0.25, -0.2) is 0 Å². The minimum Gasteiger partial charge on any atom is -0.359 e. The van der Waals surface area contributed by atoms with E-state index in [1.54, 1.807) is 7.05 Å². The van der Waals surface area contributed by atoms with E-state index in [-0.39, 0.29) is 17.2 Å². The summed E-state index contributed by atoms with van der Waals surface area (Å²) in [5.74, 6) is 0.317. The summed E-state index contributed by atoms with van der Waals surface area (Å²) in [6.07, 6.45) is 2.04. The van der Waals surface area contributed by atoms with Gasteiger partial charge < -0.3 is 5.32 Å². The molecule has 0 saturated carbocycles. The summed E-state index contributed by atoms with van der Waals surface area (Å²) in [5.41, 5.74) is 0.0795. The van der Waals surface area contributed by atoms with Gasteiger partial charge in [-0.3, -0.25) is 4.79 Å². The predicted molar refractivity (Wildman–Crippen MR) is 51.9 cm³/mol. The van der Waals surface area contributed by atoms with Gasteiger partial charge in [-0.1, -0.05) is 34.1 Å². The Morgan fingerprint density at radius 2 is 1.92 bits per heavy atom. The van der Waals surface area contributed by atoms with E-state index in [1.807, 2.05) is 0 Å². The van der Waals surface area contributed by atoms with Crippen LogP contribution in [0.5, 0.6) is 0 Å². The van der Waals surface area contributed by atoms with Crippen molar-refractivity contribution in [2.75, 3.05) is 7.05 Å². The molecule has 1 amide bonds. The maximum Gasteiger partial charge on any atom is 0.223 e. The number of amides is 1. The summed E-state index contributed by atoms with van der Waals surface area (Å²) in [6.45, 7) is 8.45. The Hall–Kier alpha value is -0.530. The summed E-state index contributed by atoms with van der Waals surface area (Å²) in [4.78, 5) is 11.4. The van der Waals surface area contributed by atoms with Crippen LogP contribution in [0.3, 0.4) is 0 Å². The van der Waals surface area contributed by atoms with Crippen LogP contribution in [0.15, 0.2) is 0 Å². The first kappa shape index (κ1) is 11.5. The second-order valence-electron chi connectivity index (χ2n) is 4.32. The molecule has 0 saturated heterocycles. The molecule has 0 aliphatic carbocycles. The molecule has 2 heteroatoms. The highest BCUT2D eigenvalue weighted by Gasteiger charge is 2.29. The molecular formula is C10H21NO. The van der Waals surface area contributed by atoms with Gasteiger partial charge in [0.05, 0.1) is 0 Å². The summed E-state index contributed by atoms with van der Waals surface area (Å²) < 4.78 is 0. The lowest BCUT2D eigenvalue weighted by atomic mass is 9.77. The van der Waals surface area contributed by atoms with Gasteiger partial charge in [0.2, 0.25) is 5.91 Å². The van der Waals surface area contributed by atoms with Crippen molar-refractivity contribution in [3.8, 4) is 0 Å². The van der Waals surface area contributed by atoms with Crippen LogP contribution in [0.4, 0.5) is 0 Å². The van der Waals surface area contributed by atoms with Gasteiger partial charge in [0, 0.05) is 13.0 Å². The van der Waals surface area contributed by atoms with Crippen molar-refractivity contribution in [1.82, 2.24) is 5.32 Å². The molecule has 0 fully saturated rings. The van der Waals surface area contributed by atoms with Crippen molar-refractivity contribution in [3.63, 3.8) is 0 Å². The van der Waals surface area contributed by atoms with Crippen LogP contribution in [0.2, 0.25) is 0 Å². The SMILES string of the molecule is CCC[C@H](C(=O)NC)C(C)(C)C. The van der Waals surface area contributed by atoms with E-state index in [9.17, 15) is 4.79 Å². The van der Waals surface area contributed by atoms with Crippen molar-refractivity contribution in [3.05, 3.63) is 0 Å². The Kier molecular flexibility index (Phi) is 4.29. The standard InChI is InChI=1S/C10H21NO/c1-6-7-8(9(12)11-5)10(2,3)4/h8H,6-7H2,1-5H3,(H,11,12)/t8-/m1/s1. The van der Waals surface area contributed by atoms with Crippen LogP contribution < -0.4 is 5.32 Å². The van der Waals surface area contributed by atoms with Gasteiger partial charge in [0.15, 0.2) is 0 Å². The Bertz CT molecular complexity index is 146. The monoisotopic (exact) mass is 171 g/mol. The third-order valence-corrected chi connectivity index (χ3v) is 2.19. The fourth-order valence-corrected chi connectivity index (χ4v) is 1.42. The zero-order valence-electron chi connectivity index (χ0n) is 8.90. The van der Waals surface area contributed by atoms with Crippen molar-refractivity contribution in [1.29, 1.82) is 0 Å². The molecule has 2 nitrogen and oxygen atoms in total. The van der Waals surface area contributed by atoms with Gasteiger partial charge in [0.25, 0.3) is 0 Å². The smallest absolute Gasteiger partial charge is 0.223 e. The Balaban J connectivity index is 4.33. The minimum atomic E-state index is 0.0795. The summed E-state index contributed by atoms with van der Waals surface area (Å²) >= 11 is 0. The van der Waals surface area contributed by atoms with Crippen LogP contribution in [0.25, 0.3) is 0 Å². The van der Waals surface area contributed by atoms with Crippen molar-refractivity contribution in [2.45, 2.75) is 40.5 Å². The quantitative estimate of drug-likeness (QED) is 0.693. The highest BCUT2D eigenvalue weighted by molar-refractivity contribution is 5.78. The van der Waals surface area contributed by atoms with Crippen LogP contribution in [-0.4, -0.2) is 13.0 Å². The molecule has 0 aromatic carbocycles. The van der Waals surface area contributed by atoms with E-state index in [0.717, 1.165) is 12.8 Å². The number of carbonyl (C=O) groups is 1. The minimum absolute atomic E-state index is 0.0795. The molecule has 1 atom stereocenters. The van der Waals surface area contributed by atoms with E-state index in [4.69, 9.17) is 0 Å². The molecule has 0 aromatic heterocycles. The molecule has 0 bridgehead atoms. The summed E-state index contributed by atoms with van der Waals surface area (Å²) in [5, 5.41) is 2.72. The summed E-state index contributed by atoms with van der Waals surface area (Å²) in [7, 11) is 1.71. The molecule has 0 rings (SSSR count). The van der Waals surface area contributed by atoms with Gasteiger partial charge in [-0.05, 0) is 11.8 Å². The molecule has 12 heavy (non-hydrogen) atoms. The summed E-state index contributed by atoms with van der Waals surface area (Å²) in [6, 6.07) is 0. The van der Waals surface area contributed by atoms with Gasteiger partial charge >= 0.3 is 0 Å². The van der Waals surface area contributed by atoms with Gasteiger partial charge in [0.1, 0.15) is 0 Å². The number of hydrogen-bond acceptors (Lipinski definition) is 1. The fourth-order valence-electron chi connectivity index (χ4n) is 1.42. The lowest BCUT2D eigenvalue weighted by Gasteiger charge is -2.28. The number of hydrogen-bond donors (Lipinski definition) is 1. The van der Waals surface area contributed by atoms with E-state index in [2.05, 4.69) is 33.0 Å². The molecule has 0 radical (unpaired) electrons. The van der Waals surface area contributed by atoms with E-state index in [0.29, 0.717) is 0 Å². The number of carbonyl (C=O) groups excluding carboxylic acids is 1. The first-order valence-electron chi connectivity index (χ1n) is 4.65. The molecule has 1 N–H and O–H groups in total. The fraction of sp³-hybridized carbons (Fsp3) is 0.900. The largest absolute Gasteiger partial charge is 0.359 e.